The Morgan fingerprint density at radius 3 is 2.19 bits per heavy atom. The smallest absolute Gasteiger partial charge is 0.159 e. The van der Waals surface area contributed by atoms with E-state index in [2.05, 4.69) is 30.9 Å². The number of halogens is 1. The van der Waals surface area contributed by atoms with Crippen molar-refractivity contribution in [1.29, 1.82) is 0 Å². The number of benzene rings is 1. The van der Waals surface area contributed by atoms with Crippen molar-refractivity contribution in [3.05, 3.63) is 29.8 Å². The first-order valence-corrected chi connectivity index (χ1v) is 6.40. The minimum atomic E-state index is 0.128. The predicted molar refractivity (Wildman–Crippen MR) is 74.3 cm³/mol. The molecular formula is C12H15IN2O. The first-order chi connectivity index (χ1) is 7.66. The second kappa shape index (κ2) is 5.14. The fraction of sp³-hybridized carbons (Fsp3) is 0.417. The topological polar surface area (TPSA) is 23.6 Å². The summed E-state index contributed by atoms with van der Waals surface area (Å²) in [6.45, 7) is 5.90. The zero-order chi connectivity index (χ0) is 11.5. The Hall–Kier alpha value is -0.620. The summed E-state index contributed by atoms with van der Waals surface area (Å²) in [6.07, 6.45) is 0. The summed E-state index contributed by atoms with van der Waals surface area (Å²) in [5.74, 6) is 0.128. The highest BCUT2D eigenvalue weighted by molar-refractivity contribution is 14.1. The van der Waals surface area contributed by atoms with E-state index in [9.17, 15) is 4.79 Å². The standard InChI is InChI=1S/C12H15IN2O/c1-10(16)11-2-4-12(5-3-11)14-6-8-15(13)9-7-14/h2-5H,6-9H2,1H3. The molecule has 16 heavy (non-hydrogen) atoms. The number of ketones is 1. The molecule has 1 saturated heterocycles. The predicted octanol–water partition coefficient (Wildman–Crippen LogP) is 2.36. The SMILES string of the molecule is CC(=O)c1ccc(N2CCN(I)CC2)cc1. The van der Waals surface area contributed by atoms with Crippen LogP contribution < -0.4 is 4.90 Å². The van der Waals surface area contributed by atoms with Crippen molar-refractivity contribution < 1.29 is 4.79 Å². The summed E-state index contributed by atoms with van der Waals surface area (Å²) in [7, 11) is 0. The normalized spacial score (nSPS) is 17.5. The lowest BCUT2D eigenvalue weighted by atomic mass is 10.1. The van der Waals surface area contributed by atoms with E-state index < -0.39 is 0 Å². The van der Waals surface area contributed by atoms with Gasteiger partial charge in [0.15, 0.2) is 5.78 Å². The maximum absolute atomic E-state index is 11.2. The highest BCUT2D eigenvalue weighted by Crippen LogP contribution is 2.18. The van der Waals surface area contributed by atoms with Gasteiger partial charge < -0.3 is 4.90 Å². The van der Waals surface area contributed by atoms with E-state index in [0.717, 1.165) is 31.7 Å². The van der Waals surface area contributed by atoms with Gasteiger partial charge in [-0.1, -0.05) is 0 Å². The van der Waals surface area contributed by atoms with Crippen molar-refractivity contribution in [2.75, 3.05) is 31.1 Å². The summed E-state index contributed by atoms with van der Waals surface area (Å²) in [4.78, 5) is 13.5. The van der Waals surface area contributed by atoms with E-state index >= 15 is 0 Å². The number of Topliss-reactive ketones (excluding diaryl/α,β-unsaturated/α-hetero) is 1. The first-order valence-electron chi connectivity index (χ1n) is 5.43. The van der Waals surface area contributed by atoms with Crippen LogP contribution in [0.2, 0.25) is 0 Å². The molecule has 0 atom stereocenters. The minimum absolute atomic E-state index is 0.128. The molecule has 1 aromatic rings. The van der Waals surface area contributed by atoms with Crippen LogP contribution in [0.25, 0.3) is 0 Å². The number of carbonyl (C=O) groups is 1. The van der Waals surface area contributed by atoms with Crippen molar-refractivity contribution >= 4 is 34.3 Å². The van der Waals surface area contributed by atoms with Gasteiger partial charge in [0.1, 0.15) is 0 Å². The van der Waals surface area contributed by atoms with Crippen LogP contribution in [-0.2, 0) is 0 Å². The molecular weight excluding hydrogens is 315 g/mol. The quantitative estimate of drug-likeness (QED) is 0.473. The summed E-state index contributed by atoms with van der Waals surface area (Å²) >= 11 is 2.36. The van der Waals surface area contributed by atoms with Gasteiger partial charge in [-0.15, -0.1) is 0 Å². The summed E-state index contributed by atoms with van der Waals surface area (Å²) in [5.41, 5.74) is 2.01. The Labute approximate surface area is 110 Å². The fourth-order valence-electron chi connectivity index (χ4n) is 1.85. The number of anilines is 1. The monoisotopic (exact) mass is 330 g/mol. The Kier molecular flexibility index (Phi) is 3.81. The summed E-state index contributed by atoms with van der Waals surface area (Å²) < 4.78 is 2.30. The third-order valence-electron chi connectivity index (χ3n) is 2.86. The van der Waals surface area contributed by atoms with E-state index in [0.29, 0.717) is 0 Å². The van der Waals surface area contributed by atoms with Crippen LogP contribution in [0, 0.1) is 0 Å². The zero-order valence-electron chi connectivity index (χ0n) is 9.32. The van der Waals surface area contributed by atoms with Crippen LogP contribution in [0.15, 0.2) is 24.3 Å². The maximum atomic E-state index is 11.2. The highest BCUT2D eigenvalue weighted by atomic mass is 127. The molecule has 0 spiro atoms. The molecule has 0 radical (unpaired) electrons. The molecule has 4 heteroatoms. The molecule has 1 aliphatic rings. The average molecular weight is 330 g/mol. The molecule has 0 aromatic heterocycles. The molecule has 86 valence electrons. The van der Waals surface area contributed by atoms with Crippen LogP contribution in [0.3, 0.4) is 0 Å². The molecule has 0 bridgehead atoms. The minimum Gasteiger partial charge on any atom is -0.369 e. The van der Waals surface area contributed by atoms with E-state index in [1.165, 1.54) is 5.69 Å². The van der Waals surface area contributed by atoms with E-state index in [1.807, 2.05) is 24.3 Å². The Bertz CT molecular complexity index is 369. The van der Waals surface area contributed by atoms with Crippen molar-refractivity contribution in [2.45, 2.75) is 6.92 Å². The molecule has 2 rings (SSSR count). The van der Waals surface area contributed by atoms with Crippen LogP contribution in [0.4, 0.5) is 5.69 Å². The Morgan fingerprint density at radius 2 is 1.69 bits per heavy atom. The number of carbonyl (C=O) groups excluding carboxylic acids is 1. The van der Waals surface area contributed by atoms with Gasteiger partial charge in [0, 0.05) is 60.3 Å². The molecule has 0 unspecified atom stereocenters. The number of piperazine rings is 1. The largest absolute Gasteiger partial charge is 0.369 e. The lowest BCUT2D eigenvalue weighted by molar-refractivity contribution is 0.101. The van der Waals surface area contributed by atoms with E-state index in [-0.39, 0.29) is 5.78 Å². The van der Waals surface area contributed by atoms with Crippen LogP contribution >= 0.6 is 22.9 Å². The number of hydrogen-bond acceptors (Lipinski definition) is 3. The number of rotatable bonds is 2. The maximum Gasteiger partial charge on any atom is 0.159 e. The van der Waals surface area contributed by atoms with Gasteiger partial charge in [0.25, 0.3) is 0 Å². The van der Waals surface area contributed by atoms with E-state index in [4.69, 9.17) is 0 Å². The second-order valence-corrected chi connectivity index (χ2v) is 5.36. The van der Waals surface area contributed by atoms with Gasteiger partial charge in [-0.05, 0) is 31.2 Å². The third kappa shape index (κ3) is 2.74. The molecule has 0 amide bonds. The molecule has 1 aliphatic heterocycles. The fourth-order valence-corrected chi connectivity index (χ4v) is 2.28. The van der Waals surface area contributed by atoms with Gasteiger partial charge in [-0.25, -0.2) is 3.11 Å². The number of hydrogen-bond donors (Lipinski definition) is 0. The Balaban J connectivity index is 2.07. The van der Waals surface area contributed by atoms with Gasteiger partial charge >= 0.3 is 0 Å². The third-order valence-corrected chi connectivity index (χ3v) is 3.83. The second-order valence-electron chi connectivity index (χ2n) is 4.00. The van der Waals surface area contributed by atoms with Crippen molar-refractivity contribution in [1.82, 2.24) is 3.11 Å². The van der Waals surface area contributed by atoms with Gasteiger partial charge in [-0.3, -0.25) is 4.79 Å². The molecule has 1 fully saturated rings. The molecule has 0 saturated carbocycles. The molecule has 1 heterocycles. The van der Waals surface area contributed by atoms with Gasteiger partial charge in [0.05, 0.1) is 0 Å². The van der Waals surface area contributed by atoms with Crippen LogP contribution in [-0.4, -0.2) is 35.1 Å². The first kappa shape index (κ1) is 11.9. The summed E-state index contributed by atoms with van der Waals surface area (Å²) in [5, 5.41) is 0. The molecule has 0 N–H and O–H groups in total. The van der Waals surface area contributed by atoms with Crippen molar-refractivity contribution in [3.63, 3.8) is 0 Å². The van der Waals surface area contributed by atoms with Crippen LogP contribution in [0.5, 0.6) is 0 Å². The van der Waals surface area contributed by atoms with Gasteiger partial charge in [0.2, 0.25) is 0 Å². The molecule has 0 aliphatic carbocycles. The molecule has 3 nitrogen and oxygen atoms in total. The average Bonchev–Trinajstić information content (AvgIpc) is 2.30. The number of nitrogens with zero attached hydrogens (tertiary/aromatic N) is 2. The summed E-state index contributed by atoms with van der Waals surface area (Å²) in [6, 6.07) is 7.90. The van der Waals surface area contributed by atoms with Gasteiger partial charge in [-0.2, -0.15) is 0 Å². The Morgan fingerprint density at radius 1 is 1.12 bits per heavy atom. The zero-order valence-corrected chi connectivity index (χ0v) is 11.5. The lowest BCUT2D eigenvalue weighted by Gasteiger charge is -2.32. The van der Waals surface area contributed by atoms with Crippen LogP contribution in [0.1, 0.15) is 17.3 Å². The highest BCUT2D eigenvalue weighted by Gasteiger charge is 2.14. The van der Waals surface area contributed by atoms with Crippen molar-refractivity contribution in [3.8, 4) is 0 Å². The van der Waals surface area contributed by atoms with Crippen molar-refractivity contribution in [2.24, 2.45) is 0 Å². The lowest BCUT2D eigenvalue weighted by Crippen LogP contribution is -2.42. The van der Waals surface area contributed by atoms with E-state index in [1.54, 1.807) is 6.92 Å². The molecule has 1 aromatic carbocycles.